The number of anilines is 1. The number of sulfonamides is 1. The smallest absolute Gasteiger partial charge is 0.337 e. The molecular formula is C20H14ClF2NO5S. The van der Waals surface area contributed by atoms with Crippen LogP contribution in [0.15, 0.2) is 59.5 Å². The van der Waals surface area contributed by atoms with Crippen molar-refractivity contribution in [3.8, 4) is 16.9 Å². The molecule has 10 heteroatoms. The third-order valence-corrected chi connectivity index (χ3v) is 5.80. The number of hydrogen-bond acceptors (Lipinski definition) is 5. The molecule has 0 aromatic heterocycles. The van der Waals surface area contributed by atoms with E-state index >= 15 is 0 Å². The summed E-state index contributed by atoms with van der Waals surface area (Å²) in [5, 5.41) is 9.65. The summed E-state index contributed by atoms with van der Waals surface area (Å²) in [4.78, 5) is 11.0. The van der Waals surface area contributed by atoms with Gasteiger partial charge in [-0.1, -0.05) is 41.9 Å². The van der Waals surface area contributed by atoms with Gasteiger partial charge in [0.2, 0.25) is 0 Å². The van der Waals surface area contributed by atoms with Crippen molar-refractivity contribution in [2.24, 2.45) is 0 Å². The molecule has 0 atom stereocenters. The fourth-order valence-corrected chi connectivity index (χ4v) is 4.19. The highest BCUT2D eigenvalue weighted by molar-refractivity contribution is 7.92. The number of carbonyl (C=O) groups excluding carboxylic acids is 1. The molecule has 6 nitrogen and oxygen atoms in total. The van der Waals surface area contributed by atoms with Crippen molar-refractivity contribution in [2.75, 3.05) is 11.8 Å². The summed E-state index contributed by atoms with van der Waals surface area (Å²) in [5.41, 5.74) is -1.03. The number of halogens is 3. The van der Waals surface area contributed by atoms with Crippen LogP contribution in [0.3, 0.4) is 0 Å². The molecule has 3 aromatic rings. The van der Waals surface area contributed by atoms with E-state index < -0.39 is 54.5 Å². The average Bonchev–Trinajstić information content (AvgIpc) is 2.72. The zero-order valence-electron chi connectivity index (χ0n) is 15.3. The van der Waals surface area contributed by atoms with Crippen LogP contribution in [0.5, 0.6) is 5.75 Å². The normalized spacial score (nSPS) is 11.2. The largest absolute Gasteiger partial charge is 0.505 e. The monoisotopic (exact) mass is 453 g/mol. The number of methoxy groups -OCH3 is 1. The molecule has 0 fully saturated rings. The van der Waals surface area contributed by atoms with Crippen LogP contribution in [0, 0.1) is 11.6 Å². The SMILES string of the molecule is COC(=O)c1cc(Cl)c(O)c(S(=O)(=O)Nc2ccc(F)c(-c3ccccc3)c2F)c1. The van der Waals surface area contributed by atoms with Gasteiger partial charge in [0.15, 0.2) is 11.6 Å². The molecular weight excluding hydrogens is 440 g/mol. The van der Waals surface area contributed by atoms with Crippen molar-refractivity contribution in [3.63, 3.8) is 0 Å². The molecule has 0 aliphatic heterocycles. The van der Waals surface area contributed by atoms with Crippen molar-refractivity contribution in [2.45, 2.75) is 4.90 Å². The van der Waals surface area contributed by atoms with Crippen LogP contribution in [0.25, 0.3) is 11.1 Å². The van der Waals surface area contributed by atoms with Gasteiger partial charge >= 0.3 is 5.97 Å². The fourth-order valence-electron chi connectivity index (χ4n) is 2.71. The number of phenols is 1. The number of rotatable bonds is 5. The molecule has 0 heterocycles. The van der Waals surface area contributed by atoms with Crippen LogP contribution >= 0.6 is 11.6 Å². The minimum Gasteiger partial charge on any atom is -0.505 e. The number of carbonyl (C=O) groups is 1. The Hall–Kier alpha value is -3.17. The third-order valence-electron chi connectivity index (χ3n) is 4.14. The third kappa shape index (κ3) is 4.07. The molecule has 0 saturated heterocycles. The highest BCUT2D eigenvalue weighted by Gasteiger charge is 2.26. The Morgan fingerprint density at radius 3 is 2.40 bits per heavy atom. The minimum absolute atomic E-state index is 0.201. The van der Waals surface area contributed by atoms with Gasteiger partial charge in [-0.2, -0.15) is 0 Å². The summed E-state index contributed by atoms with van der Waals surface area (Å²) in [6.45, 7) is 0. The molecule has 30 heavy (non-hydrogen) atoms. The summed E-state index contributed by atoms with van der Waals surface area (Å²) in [5.74, 6) is -3.78. The first-order valence-corrected chi connectivity index (χ1v) is 10.2. The zero-order valence-corrected chi connectivity index (χ0v) is 16.9. The Morgan fingerprint density at radius 2 is 1.77 bits per heavy atom. The predicted octanol–water partition coefficient (Wildman–Crippen LogP) is 4.58. The van der Waals surface area contributed by atoms with Gasteiger partial charge in [-0.05, 0) is 29.8 Å². The molecule has 3 aromatic carbocycles. The van der Waals surface area contributed by atoms with Gasteiger partial charge in [0.05, 0.1) is 28.9 Å². The lowest BCUT2D eigenvalue weighted by molar-refractivity contribution is 0.0600. The number of hydrogen-bond donors (Lipinski definition) is 2. The average molecular weight is 454 g/mol. The summed E-state index contributed by atoms with van der Waals surface area (Å²) in [6.07, 6.45) is 0. The maximum absolute atomic E-state index is 15.0. The van der Waals surface area contributed by atoms with Gasteiger partial charge in [-0.25, -0.2) is 22.0 Å². The predicted molar refractivity (Wildman–Crippen MR) is 107 cm³/mol. The molecule has 0 spiro atoms. The van der Waals surface area contributed by atoms with Gasteiger partial charge in [0.25, 0.3) is 10.0 Å². The van der Waals surface area contributed by atoms with E-state index in [0.29, 0.717) is 0 Å². The molecule has 2 N–H and O–H groups in total. The number of esters is 1. The Balaban J connectivity index is 2.09. The highest BCUT2D eigenvalue weighted by atomic mass is 35.5. The molecule has 0 aliphatic carbocycles. The number of ether oxygens (including phenoxy) is 1. The van der Waals surface area contributed by atoms with Gasteiger partial charge in [0, 0.05) is 0 Å². The Labute approximate surface area is 175 Å². The molecule has 0 aliphatic rings. The molecule has 156 valence electrons. The van der Waals surface area contributed by atoms with Crippen LogP contribution in [-0.4, -0.2) is 26.6 Å². The minimum atomic E-state index is -4.62. The second-order valence-corrected chi connectivity index (χ2v) is 8.11. The maximum atomic E-state index is 15.0. The maximum Gasteiger partial charge on any atom is 0.337 e. The summed E-state index contributed by atoms with van der Waals surface area (Å²) >= 11 is 5.81. The summed E-state index contributed by atoms with van der Waals surface area (Å²) in [7, 11) is -3.54. The van der Waals surface area contributed by atoms with E-state index in [1.165, 1.54) is 12.1 Å². The van der Waals surface area contributed by atoms with E-state index in [1.54, 1.807) is 18.2 Å². The van der Waals surface area contributed by atoms with E-state index in [0.717, 1.165) is 31.4 Å². The van der Waals surface area contributed by atoms with E-state index in [-0.39, 0.29) is 11.1 Å². The molecule has 0 unspecified atom stereocenters. The van der Waals surface area contributed by atoms with Gasteiger partial charge in [-0.15, -0.1) is 0 Å². The molecule has 0 radical (unpaired) electrons. The zero-order chi connectivity index (χ0) is 22.1. The van der Waals surface area contributed by atoms with Crippen LogP contribution in [0.4, 0.5) is 14.5 Å². The summed E-state index contributed by atoms with van der Waals surface area (Å²) in [6, 6.07) is 11.4. The molecule has 3 rings (SSSR count). The fraction of sp³-hybridized carbons (Fsp3) is 0.0500. The number of nitrogens with one attached hydrogen (secondary N) is 1. The van der Waals surface area contributed by atoms with Gasteiger partial charge < -0.3 is 9.84 Å². The van der Waals surface area contributed by atoms with E-state index in [4.69, 9.17) is 11.6 Å². The van der Waals surface area contributed by atoms with Crippen molar-refractivity contribution < 1.29 is 31.8 Å². The van der Waals surface area contributed by atoms with E-state index in [2.05, 4.69) is 4.74 Å². The van der Waals surface area contributed by atoms with Crippen molar-refractivity contribution in [3.05, 3.63) is 76.8 Å². The lowest BCUT2D eigenvalue weighted by Crippen LogP contribution is -2.16. The second-order valence-electron chi connectivity index (χ2n) is 6.05. The lowest BCUT2D eigenvalue weighted by atomic mass is 10.0. The topological polar surface area (TPSA) is 92.7 Å². The van der Waals surface area contributed by atoms with E-state index in [1.807, 2.05) is 4.72 Å². The highest BCUT2D eigenvalue weighted by Crippen LogP contribution is 2.36. The number of benzene rings is 3. The number of aromatic hydroxyl groups is 1. The Morgan fingerprint density at radius 1 is 1.10 bits per heavy atom. The van der Waals surface area contributed by atoms with E-state index in [9.17, 15) is 27.1 Å². The van der Waals surface area contributed by atoms with Crippen molar-refractivity contribution >= 4 is 33.3 Å². The quantitative estimate of drug-likeness (QED) is 0.552. The van der Waals surface area contributed by atoms with Crippen LogP contribution in [-0.2, 0) is 14.8 Å². The number of phenolic OH excluding ortho intramolecular Hbond substituents is 1. The summed E-state index contributed by atoms with van der Waals surface area (Å²) < 4.78 is 61.3. The first kappa shape index (κ1) is 21.5. The Bertz CT molecular complexity index is 1230. The van der Waals surface area contributed by atoms with Gasteiger partial charge in [-0.3, -0.25) is 4.72 Å². The second kappa shape index (κ2) is 8.29. The van der Waals surface area contributed by atoms with Crippen LogP contribution in [0.1, 0.15) is 10.4 Å². The Kier molecular flexibility index (Phi) is 5.95. The lowest BCUT2D eigenvalue weighted by Gasteiger charge is -2.14. The standard InChI is InChI=1S/C20H14ClF2NO5S/c1-29-20(26)12-9-13(21)19(25)16(10-12)30(27,28)24-15-8-7-14(22)17(18(15)23)11-5-3-2-4-6-11/h2-10,24-25H,1H3. The molecule has 0 amide bonds. The van der Waals surface area contributed by atoms with Crippen LogP contribution < -0.4 is 4.72 Å². The van der Waals surface area contributed by atoms with Crippen molar-refractivity contribution in [1.29, 1.82) is 0 Å². The van der Waals surface area contributed by atoms with Crippen molar-refractivity contribution in [1.82, 2.24) is 0 Å². The molecule has 0 saturated carbocycles. The first-order valence-electron chi connectivity index (χ1n) is 8.32. The first-order chi connectivity index (χ1) is 14.2. The van der Waals surface area contributed by atoms with Crippen LogP contribution in [0.2, 0.25) is 5.02 Å². The molecule has 0 bridgehead atoms. The van der Waals surface area contributed by atoms with Gasteiger partial charge in [0.1, 0.15) is 10.7 Å².